The Hall–Kier alpha value is -1.59. The first-order valence-corrected chi connectivity index (χ1v) is 8.31. The number of nitrogens with one attached hydrogen (secondary N) is 1. The molecule has 2 N–H and O–H groups in total. The number of likely N-dealkylation sites (tertiary alicyclic amines) is 1. The molecule has 2 fully saturated rings. The number of amides is 2. The minimum Gasteiger partial charge on any atom is -0.480 e. The van der Waals surface area contributed by atoms with Gasteiger partial charge < -0.3 is 15.3 Å². The van der Waals surface area contributed by atoms with Gasteiger partial charge >= 0.3 is 5.97 Å². The van der Waals surface area contributed by atoms with Gasteiger partial charge in [0.2, 0.25) is 11.8 Å². The highest BCUT2D eigenvalue weighted by Crippen LogP contribution is 2.29. The molecule has 2 amide bonds. The second-order valence-corrected chi connectivity index (χ2v) is 6.47. The average Bonchev–Trinajstić information content (AvgIpc) is 2.55. The fraction of sp³-hybridized carbons (Fsp3) is 0.812. The Bertz CT molecular complexity index is 443. The van der Waals surface area contributed by atoms with Crippen molar-refractivity contribution in [3.05, 3.63) is 0 Å². The van der Waals surface area contributed by atoms with Crippen LogP contribution in [0, 0.1) is 5.92 Å². The molecule has 2 rings (SSSR count). The number of carboxylic acids is 1. The fourth-order valence-corrected chi connectivity index (χ4v) is 3.53. The number of hydrogen-bond acceptors (Lipinski definition) is 3. The number of rotatable bonds is 4. The van der Waals surface area contributed by atoms with Crippen LogP contribution in [0.3, 0.4) is 0 Å². The van der Waals surface area contributed by atoms with E-state index >= 15 is 0 Å². The summed E-state index contributed by atoms with van der Waals surface area (Å²) in [7, 11) is 0. The molecule has 0 aromatic carbocycles. The van der Waals surface area contributed by atoms with Crippen LogP contribution in [0.5, 0.6) is 0 Å². The third-order valence-electron chi connectivity index (χ3n) is 4.93. The first-order valence-electron chi connectivity index (χ1n) is 8.31. The Morgan fingerprint density at radius 1 is 1.18 bits per heavy atom. The molecule has 1 heterocycles. The van der Waals surface area contributed by atoms with Crippen LogP contribution in [0.25, 0.3) is 0 Å². The van der Waals surface area contributed by atoms with Gasteiger partial charge in [-0.05, 0) is 25.7 Å². The van der Waals surface area contributed by atoms with E-state index in [1.807, 2.05) is 6.92 Å². The zero-order valence-electron chi connectivity index (χ0n) is 13.3. The van der Waals surface area contributed by atoms with Crippen LogP contribution in [0.1, 0.15) is 58.3 Å². The fourth-order valence-electron chi connectivity index (χ4n) is 3.53. The van der Waals surface area contributed by atoms with Crippen molar-refractivity contribution in [2.45, 2.75) is 63.8 Å². The molecule has 6 heteroatoms. The quantitative estimate of drug-likeness (QED) is 0.824. The van der Waals surface area contributed by atoms with E-state index in [4.69, 9.17) is 0 Å². The predicted molar refractivity (Wildman–Crippen MR) is 81.2 cm³/mol. The molecule has 0 radical (unpaired) electrons. The molecular weight excluding hydrogens is 284 g/mol. The van der Waals surface area contributed by atoms with E-state index in [9.17, 15) is 19.5 Å². The third-order valence-corrected chi connectivity index (χ3v) is 4.93. The van der Waals surface area contributed by atoms with Crippen LogP contribution in [-0.2, 0) is 14.4 Å². The van der Waals surface area contributed by atoms with Crippen molar-refractivity contribution in [3.8, 4) is 0 Å². The molecule has 124 valence electrons. The summed E-state index contributed by atoms with van der Waals surface area (Å²) in [6.07, 6.45) is 5.63. The van der Waals surface area contributed by atoms with Crippen LogP contribution in [0.4, 0.5) is 0 Å². The molecule has 6 nitrogen and oxygen atoms in total. The molecule has 22 heavy (non-hydrogen) atoms. The summed E-state index contributed by atoms with van der Waals surface area (Å²) in [6.45, 7) is 2.92. The lowest BCUT2D eigenvalue weighted by molar-refractivity contribution is -0.150. The van der Waals surface area contributed by atoms with Gasteiger partial charge in [-0.15, -0.1) is 0 Å². The number of carboxylic acid groups (broad SMARTS) is 1. The number of nitrogens with zero attached hydrogens (tertiary/aromatic N) is 1. The molecular formula is C16H26N2O4. The van der Waals surface area contributed by atoms with Gasteiger partial charge in [0.1, 0.15) is 5.54 Å². The van der Waals surface area contributed by atoms with Gasteiger partial charge in [0.05, 0.1) is 5.92 Å². The van der Waals surface area contributed by atoms with Crippen molar-refractivity contribution >= 4 is 17.8 Å². The standard InChI is InChI=1S/C16H26N2O4/c1-2-13(19)18-10-6-7-12(11-18)14(20)17-16(15(21)22)8-4-3-5-9-16/h12H,2-11H2,1H3,(H,17,20)(H,21,22)/t12-/m0/s1. The van der Waals surface area contributed by atoms with Crippen molar-refractivity contribution in [2.24, 2.45) is 5.92 Å². The number of carbonyl (C=O) groups excluding carboxylic acids is 2. The summed E-state index contributed by atoms with van der Waals surface area (Å²) in [5.41, 5.74) is -1.10. The molecule has 0 unspecified atom stereocenters. The van der Waals surface area contributed by atoms with Crippen molar-refractivity contribution in [2.75, 3.05) is 13.1 Å². The average molecular weight is 310 g/mol. The van der Waals surface area contributed by atoms with Gasteiger partial charge in [-0.25, -0.2) is 4.79 Å². The van der Waals surface area contributed by atoms with Gasteiger partial charge in [-0.2, -0.15) is 0 Å². The Morgan fingerprint density at radius 3 is 2.45 bits per heavy atom. The van der Waals surface area contributed by atoms with Gasteiger partial charge in [0, 0.05) is 19.5 Å². The Labute approximate surface area is 131 Å². The topological polar surface area (TPSA) is 86.7 Å². The highest BCUT2D eigenvalue weighted by Gasteiger charge is 2.42. The van der Waals surface area contributed by atoms with Crippen LogP contribution >= 0.6 is 0 Å². The summed E-state index contributed by atoms with van der Waals surface area (Å²) < 4.78 is 0. The van der Waals surface area contributed by atoms with E-state index < -0.39 is 11.5 Å². The molecule has 1 atom stereocenters. The maximum atomic E-state index is 12.5. The number of piperidine rings is 1. The summed E-state index contributed by atoms with van der Waals surface area (Å²) >= 11 is 0. The van der Waals surface area contributed by atoms with Gasteiger partial charge in [-0.1, -0.05) is 26.2 Å². The Balaban J connectivity index is 2.01. The lowest BCUT2D eigenvalue weighted by atomic mass is 9.81. The lowest BCUT2D eigenvalue weighted by Crippen LogP contribution is -2.58. The summed E-state index contributed by atoms with van der Waals surface area (Å²) in [4.78, 5) is 37.7. The first-order chi connectivity index (χ1) is 10.5. The number of aliphatic carboxylic acids is 1. The van der Waals surface area contributed by atoms with Crippen molar-refractivity contribution in [3.63, 3.8) is 0 Å². The summed E-state index contributed by atoms with van der Waals surface area (Å²) in [5.74, 6) is -1.37. The van der Waals surface area contributed by atoms with E-state index in [1.54, 1.807) is 4.90 Å². The van der Waals surface area contributed by atoms with Gasteiger partial charge in [0.25, 0.3) is 0 Å². The molecule has 1 saturated heterocycles. The summed E-state index contributed by atoms with van der Waals surface area (Å²) in [5, 5.41) is 12.3. The zero-order valence-corrected chi connectivity index (χ0v) is 13.3. The van der Waals surface area contributed by atoms with Crippen molar-refractivity contribution in [1.29, 1.82) is 0 Å². The predicted octanol–water partition coefficient (Wildman–Crippen LogP) is 1.54. The minimum atomic E-state index is -1.10. The van der Waals surface area contributed by atoms with Gasteiger partial charge in [0.15, 0.2) is 0 Å². The second-order valence-electron chi connectivity index (χ2n) is 6.47. The third kappa shape index (κ3) is 3.59. The van der Waals surface area contributed by atoms with Crippen LogP contribution in [0.15, 0.2) is 0 Å². The summed E-state index contributed by atoms with van der Waals surface area (Å²) in [6, 6.07) is 0. The van der Waals surface area contributed by atoms with Gasteiger partial charge in [-0.3, -0.25) is 9.59 Å². The van der Waals surface area contributed by atoms with E-state index in [2.05, 4.69) is 5.32 Å². The number of carbonyl (C=O) groups is 3. The number of hydrogen-bond donors (Lipinski definition) is 2. The van der Waals surface area contributed by atoms with Crippen molar-refractivity contribution < 1.29 is 19.5 Å². The second kappa shape index (κ2) is 7.11. The van der Waals surface area contributed by atoms with Crippen LogP contribution < -0.4 is 5.32 Å². The highest BCUT2D eigenvalue weighted by molar-refractivity contribution is 5.88. The van der Waals surface area contributed by atoms with E-state index in [-0.39, 0.29) is 17.7 Å². The Morgan fingerprint density at radius 2 is 1.86 bits per heavy atom. The van der Waals surface area contributed by atoms with Crippen molar-refractivity contribution in [1.82, 2.24) is 10.2 Å². The van der Waals surface area contributed by atoms with Crippen LogP contribution in [-0.4, -0.2) is 46.4 Å². The normalized spacial score (nSPS) is 24.6. The molecule has 1 aliphatic carbocycles. The van der Waals surface area contributed by atoms with E-state index in [0.29, 0.717) is 32.4 Å². The maximum absolute atomic E-state index is 12.5. The monoisotopic (exact) mass is 310 g/mol. The molecule has 0 spiro atoms. The van der Waals surface area contributed by atoms with E-state index in [0.717, 1.165) is 32.1 Å². The highest BCUT2D eigenvalue weighted by atomic mass is 16.4. The Kier molecular flexibility index (Phi) is 5.42. The SMILES string of the molecule is CCC(=O)N1CCC[C@H](C(=O)NC2(C(=O)O)CCCCC2)C1. The van der Waals surface area contributed by atoms with E-state index in [1.165, 1.54) is 0 Å². The van der Waals surface area contributed by atoms with Crippen LogP contribution in [0.2, 0.25) is 0 Å². The molecule has 2 aliphatic rings. The zero-order chi connectivity index (χ0) is 16.2. The lowest BCUT2D eigenvalue weighted by Gasteiger charge is -2.37. The molecule has 0 aromatic rings. The minimum absolute atomic E-state index is 0.0584. The largest absolute Gasteiger partial charge is 0.480 e. The molecule has 0 aromatic heterocycles. The first kappa shape index (κ1) is 16.8. The maximum Gasteiger partial charge on any atom is 0.329 e. The molecule has 1 saturated carbocycles. The smallest absolute Gasteiger partial charge is 0.329 e. The molecule has 0 bridgehead atoms. The molecule has 1 aliphatic heterocycles.